The van der Waals surface area contributed by atoms with Gasteiger partial charge in [-0.2, -0.15) is 13.2 Å². The first kappa shape index (κ1) is 13.9. The summed E-state index contributed by atoms with van der Waals surface area (Å²) in [6.45, 7) is 0. The molecule has 0 bridgehead atoms. The quantitative estimate of drug-likeness (QED) is 0.366. The Morgan fingerprint density at radius 2 is 1.94 bits per heavy atom. The van der Waals surface area contributed by atoms with E-state index < -0.39 is 40.2 Å². The van der Waals surface area contributed by atoms with Crippen LogP contribution in [0.3, 0.4) is 0 Å². The first-order chi connectivity index (χ1) is 8.18. The molecule has 0 saturated carbocycles. The van der Waals surface area contributed by atoms with Gasteiger partial charge in [0.1, 0.15) is 11.3 Å². The lowest BCUT2D eigenvalue weighted by atomic mass is 10.1. The summed E-state index contributed by atoms with van der Waals surface area (Å²) < 4.78 is 62.3. The molecule has 0 aromatic carbocycles. The van der Waals surface area contributed by atoms with Gasteiger partial charge in [0.25, 0.3) is 6.43 Å². The molecule has 0 fully saturated rings. The molecule has 0 N–H and O–H groups in total. The van der Waals surface area contributed by atoms with E-state index in [1.807, 2.05) is 0 Å². The Morgan fingerprint density at radius 1 is 1.39 bits per heavy atom. The minimum atomic E-state index is -5.24. The van der Waals surface area contributed by atoms with Crippen LogP contribution >= 0.6 is 0 Å². The second-order valence-corrected chi connectivity index (χ2v) is 3.00. The summed E-state index contributed by atoms with van der Waals surface area (Å²) in [6.07, 6.45) is -9.05. The topological polar surface area (TPSA) is 73.1 Å². The lowest BCUT2D eigenvalue weighted by Crippen LogP contribution is -2.14. The maximum atomic E-state index is 12.5. The van der Waals surface area contributed by atoms with Gasteiger partial charge in [0, 0.05) is 0 Å². The maximum Gasteiger partial charge on any atom is 0.423 e. The van der Waals surface area contributed by atoms with E-state index >= 15 is 0 Å². The fraction of sp³-hybridized carbons (Fsp3) is 0.250. The maximum absolute atomic E-state index is 12.5. The van der Waals surface area contributed by atoms with Crippen molar-refractivity contribution in [3.8, 4) is 0 Å². The number of pyridine rings is 1. The number of aldehydes is 1. The first-order valence-electron chi connectivity index (χ1n) is 4.18. The third-order valence-electron chi connectivity index (χ3n) is 1.85. The van der Waals surface area contributed by atoms with Crippen molar-refractivity contribution in [3.05, 3.63) is 33.1 Å². The number of carbonyl (C=O) groups is 1. The molecule has 5 nitrogen and oxygen atoms in total. The highest BCUT2D eigenvalue weighted by atomic mass is 19.4. The molecule has 1 rings (SSSR count). The Morgan fingerprint density at radius 3 is 2.28 bits per heavy atom. The van der Waals surface area contributed by atoms with Crippen LogP contribution in [0.5, 0.6) is 0 Å². The van der Waals surface area contributed by atoms with Gasteiger partial charge in [-0.3, -0.25) is 14.9 Å². The largest absolute Gasteiger partial charge is 0.423 e. The molecule has 0 saturated heterocycles. The Kier molecular flexibility index (Phi) is 3.58. The number of alkyl halides is 5. The molecule has 0 aliphatic carbocycles. The van der Waals surface area contributed by atoms with E-state index in [2.05, 4.69) is 4.98 Å². The highest BCUT2D eigenvalue weighted by Gasteiger charge is 2.42. The third-order valence-corrected chi connectivity index (χ3v) is 1.85. The fourth-order valence-corrected chi connectivity index (χ4v) is 1.20. The van der Waals surface area contributed by atoms with Crippen LogP contribution in [0.2, 0.25) is 0 Å². The Bertz CT molecular complexity index is 500. The van der Waals surface area contributed by atoms with Crippen molar-refractivity contribution in [1.29, 1.82) is 0 Å². The molecule has 1 aromatic rings. The summed E-state index contributed by atoms with van der Waals surface area (Å²) in [6, 6.07) is 0.0526. The average Bonchev–Trinajstić information content (AvgIpc) is 2.25. The smallest absolute Gasteiger partial charge is 0.296 e. The molecular formula is C8H3F5N2O3. The van der Waals surface area contributed by atoms with Crippen LogP contribution in [0.25, 0.3) is 0 Å². The number of halogens is 5. The number of carbonyl (C=O) groups excluding carboxylic acids is 1. The van der Waals surface area contributed by atoms with Crippen LogP contribution < -0.4 is 0 Å². The molecule has 0 atom stereocenters. The summed E-state index contributed by atoms with van der Waals surface area (Å²) in [7, 11) is 0. The van der Waals surface area contributed by atoms with E-state index in [0.717, 1.165) is 0 Å². The molecule has 98 valence electrons. The van der Waals surface area contributed by atoms with Gasteiger partial charge in [0.05, 0.1) is 4.92 Å². The second kappa shape index (κ2) is 4.63. The number of nitrogens with zero attached hydrogens (tertiary/aromatic N) is 2. The van der Waals surface area contributed by atoms with Gasteiger partial charge in [-0.25, -0.2) is 13.8 Å². The second-order valence-electron chi connectivity index (χ2n) is 3.00. The zero-order valence-electron chi connectivity index (χ0n) is 8.24. The lowest BCUT2D eigenvalue weighted by Gasteiger charge is -2.10. The van der Waals surface area contributed by atoms with Crippen LogP contribution in [0.1, 0.15) is 28.2 Å². The van der Waals surface area contributed by atoms with Crippen molar-refractivity contribution in [2.75, 3.05) is 0 Å². The SMILES string of the molecule is O=Cc1cc(C(F)(F)F)c([N+](=O)[O-])c(C(F)F)n1. The van der Waals surface area contributed by atoms with Gasteiger partial charge < -0.3 is 0 Å². The summed E-state index contributed by atoms with van der Waals surface area (Å²) in [5.41, 5.74) is -6.41. The monoisotopic (exact) mass is 270 g/mol. The predicted octanol–water partition coefficient (Wildman–Crippen LogP) is 2.76. The lowest BCUT2D eigenvalue weighted by molar-refractivity contribution is -0.389. The molecule has 10 heteroatoms. The molecular weight excluding hydrogens is 267 g/mol. The number of rotatable bonds is 3. The molecule has 1 heterocycles. The van der Waals surface area contributed by atoms with Crippen LogP contribution in [0, 0.1) is 10.1 Å². The van der Waals surface area contributed by atoms with E-state index in [4.69, 9.17) is 0 Å². The summed E-state index contributed by atoms with van der Waals surface area (Å²) >= 11 is 0. The highest BCUT2D eigenvalue weighted by molar-refractivity contribution is 5.73. The standard InChI is InChI=1S/C8H3F5N2O3/c9-7(10)5-6(15(17)18)4(8(11,12)13)1-3(2-16)14-5/h1-2,7H. The number of hydrogen-bond donors (Lipinski definition) is 0. The highest BCUT2D eigenvalue weighted by Crippen LogP contribution is 2.40. The van der Waals surface area contributed by atoms with Crippen molar-refractivity contribution in [1.82, 2.24) is 4.98 Å². The molecule has 0 aliphatic rings. The van der Waals surface area contributed by atoms with E-state index in [9.17, 15) is 36.9 Å². The molecule has 0 amide bonds. The summed E-state index contributed by atoms with van der Waals surface area (Å²) in [4.78, 5) is 22.0. The zero-order chi connectivity index (χ0) is 14.1. The van der Waals surface area contributed by atoms with Gasteiger partial charge in [-0.05, 0) is 6.07 Å². The van der Waals surface area contributed by atoms with Crippen molar-refractivity contribution in [2.45, 2.75) is 12.6 Å². The van der Waals surface area contributed by atoms with Gasteiger partial charge in [0.2, 0.25) is 0 Å². The Labute approximate surface area is 95.4 Å². The summed E-state index contributed by atoms with van der Waals surface area (Å²) in [5.74, 6) is 0. The van der Waals surface area contributed by atoms with Gasteiger partial charge in [0.15, 0.2) is 12.0 Å². The third kappa shape index (κ3) is 2.57. The Hall–Kier alpha value is -2.13. The number of nitro groups is 1. The predicted molar refractivity (Wildman–Crippen MR) is 46.2 cm³/mol. The van der Waals surface area contributed by atoms with Crippen LogP contribution in [0.4, 0.5) is 27.6 Å². The van der Waals surface area contributed by atoms with E-state index in [0.29, 0.717) is 0 Å². The minimum Gasteiger partial charge on any atom is -0.296 e. The molecule has 1 aromatic heterocycles. The number of hydrogen-bond acceptors (Lipinski definition) is 4. The van der Waals surface area contributed by atoms with Crippen LogP contribution in [-0.4, -0.2) is 16.2 Å². The first-order valence-corrected chi connectivity index (χ1v) is 4.18. The molecule has 0 radical (unpaired) electrons. The van der Waals surface area contributed by atoms with Crippen LogP contribution in [0.15, 0.2) is 6.07 Å². The Balaban J connectivity index is 3.71. The molecule has 0 unspecified atom stereocenters. The minimum absolute atomic E-state index is 0.0526. The van der Waals surface area contributed by atoms with E-state index in [1.165, 1.54) is 0 Å². The van der Waals surface area contributed by atoms with Crippen molar-refractivity contribution in [3.63, 3.8) is 0 Å². The zero-order valence-corrected chi connectivity index (χ0v) is 8.24. The molecule has 0 spiro atoms. The summed E-state index contributed by atoms with van der Waals surface area (Å²) in [5, 5.41) is 10.4. The van der Waals surface area contributed by atoms with Crippen molar-refractivity contribution in [2.24, 2.45) is 0 Å². The molecule has 18 heavy (non-hydrogen) atoms. The average molecular weight is 270 g/mol. The van der Waals surface area contributed by atoms with Gasteiger partial charge in [-0.1, -0.05) is 0 Å². The molecule has 0 aliphatic heterocycles. The van der Waals surface area contributed by atoms with E-state index in [-0.39, 0.29) is 12.4 Å². The van der Waals surface area contributed by atoms with Crippen molar-refractivity contribution >= 4 is 12.0 Å². The van der Waals surface area contributed by atoms with Crippen molar-refractivity contribution < 1.29 is 31.7 Å². The van der Waals surface area contributed by atoms with Gasteiger partial charge in [-0.15, -0.1) is 0 Å². The van der Waals surface area contributed by atoms with Crippen LogP contribution in [-0.2, 0) is 6.18 Å². The normalized spacial score (nSPS) is 11.7. The number of aromatic nitrogens is 1. The fourth-order valence-electron chi connectivity index (χ4n) is 1.20. The van der Waals surface area contributed by atoms with E-state index in [1.54, 1.807) is 0 Å². The van der Waals surface area contributed by atoms with Gasteiger partial charge >= 0.3 is 11.9 Å².